The van der Waals surface area contributed by atoms with Gasteiger partial charge in [0.25, 0.3) is 0 Å². The quantitative estimate of drug-likeness (QED) is 0.700. The molecule has 6 heteroatoms. The summed E-state index contributed by atoms with van der Waals surface area (Å²) in [6.07, 6.45) is 2.34. The molecule has 2 N–H and O–H groups in total. The minimum atomic E-state index is -3.08. The first kappa shape index (κ1) is 11.0. The Bertz CT molecular complexity index is 334. The van der Waals surface area contributed by atoms with Gasteiger partial charge in [-0.3, -0.25) is 0 Å². The van der Waals surface area contributed by atoms with Gasteiger partial charge >= 0.3 is 6.03 Å². The molecule has 14 heavy (non-hydrogen) atoms. The fraction of sp³-hybridized carbons (Fsp3) is 0.625. The Morgan fingerprint density at radius 1 is 1.57 bits per heavy atom. The van der Waals surface area contributed by atoms with Crippen molar-refractivity contribution in [1.29, 1.82) is 0 Å². The lowest BCUT2D eigenvalue weighted by atomic mass is 10.3. The molecule has 1 heterocycles. The van der Waals surface area contributed by atoms with E-state index < -0.39 is 15.9 Å². The maximum absolute atomic E-state index is 11.1. The van der Waals surface area contributed by atoms with Crippen molar-refractivity contribution in [2.75, 3.05) is 12.3 Å². The molecule has 2 amide bonds. The van der Waals surface area contributed by atoms with Crippen LogP contribution in [0.4, 0.5) is 4.79 Å². The Balaban J connectivity index is 2.34. The third-order valence-electron chi connectivity index (χ3n) is 1.78. The summed E-state index contributed by atoms with van der Waals surface area (Å²) in [7, 11) is -3.08. The Morgan fingerprint density at radius 2 is 2.29 bits per heavy atom. The van der Waals surface area contributed by atoms with E-state index in [0.717, 1.165) is 11.8 Å². The van der Waals surface area contributed by atoms with Crippen molar-refractivity contribution in [2.24, 2.45) is 0 Å². The van der Waals surface area contributed by atoms with Crippen LogP contribution in [0.15, 0.2) is 11.5 Å². The second-order valence-electron chi connectivity index (χ2n) is 3.16. The molecule has 80 valence electrons. The van der Waals surface area contributed by atoms with Crippen molar-refractivity contribution >= 4 is 15.9 Å². The molecule has 0 aliphatic carbocycles. The smallest absolute Gasteiger partial charge is 0.315 e. The summed E-state index contributed by atoms with van der Waals surface area (Å²) < 4.78 is 22.0. The van der Waals surface area contributed by atoms with Gasteiger partial charge in [0.05, 0.1) is 11.8 Å². The van der Waals surface area contributed by atoms with Gasteiger partial charge in [-0.2, -0.15) is 0 Å². The highest BCUT2D eigenvalue weighted by Gasteiger charge is 2.22. The van der Waals surface area contributed by atoms with Crippen LogP contribution >= 0.6 is 0 Å². The van der Waals surface area contributed by atoms with E-state index in [4.69, 9.17) is 0 Å². The predicted octanol–water partition coefficient (Wildman–Crippen LogP) is 0.00630. The molecule has 1 unspecified atom stereocenters. The fourth-order valence-corrected chi connectivity index (χ4v) is 2.36. The Labute approximate surface area is 83.5 Å². The van der Waals surface area contributed by atoms with E-state index in [-0.39, 0.29) is 11.8 Å². The van der Waals surface area contributed by atoms with E-state index in [1.54, 1.807) is 0 Å². The first-order chi connectivity index (χ1) is 6.53. The molecule has 0 aromatic carbocycles. The molecule has 0 saturated heterocycles. The summed E-state index contributed by atoms with van der Waals surface area (Å²) in [4.78, 5) is 11.1. The average molecular weight is 218 g/mol. The molecule has 1 rings (SSSR count). The Kier molecular flexibility index (Phi) is 3.51. The normalized spacial score (nSPS) is 23.4. The predicted molar refractivity (Wildman–Crippen MR) is 53.5 cm³/mol. The van der Waals surface area contributed by atoms with Gasteiger partial charge in [0.2, 0.25) is 0 Å². The first-order valence-electron chi connectivity index (χ1n) is 4.49. The van der Waals surface area contributed by atoms with Crippen LogP contribution in [0.25, 0.3) is 0 Å². The summed E-state index contributed by atoms with van der Waals surface area (Å²) >= 11 is 0. The van der Waals surface area contributed by atoms with Gasteiger partial charge in [0, 0.05) is 12.0 Å². The van der Waals surface area contributed by atoms with Crippen molar-refractivity contribution in [3.63, 3.8) is 0 Å². The maximum atomic E-state index is 11.1. The van der Waals surface area contributed by atoms with E-state index in [1.165, 1.54) is 6.08 Å². The van der Waals surface area contributed by atoms with Crippen LogP contribution in [0.1, 0.15) is 13.3 Å². The number of rotatable bonds is 3. The van der Waals surface area contributed by atoms with Crippen molar-refractivity contribution in [2.45, 2.75) is 19.4 Å². The lowest BCUT2D eigenvalue weighted by Gasteiger charge is -2.10. The Morgan fingerprint density at radius 3 is 2.79 bits per heavy atom. The van der Waals surface area contributed by atoms with Crippen LogP contribution in [0.5, 0.6) is 0 Å². The van der Waals surface area contributed by atoms with Crippen molar-refractivity contribution in [3.05, 3.63) is 11.5 Å². The number of urea groups is 1. The first-order valence-corrected chi connectivity index (χ1v) is 6.20. The van der Waals surface area contributed by atoms with Crippen molar-refractivity contribution in [3.8, 4) is 0 Å². The zero-order chi connectivity index (χ0) is 10.6. The number of hydrogen-bond donors (Lipinski definition) is 2. The van der Waals surface area contributed by atoms with Crippen LogP contribution in [0.3, 0.4) is 0 Å². The zero-order valence-electron chi connectivity index (χ0n) is 7.99. The molecule has 0 fully saturated rings. The van der Waals surface area contributed by atoms with E-state index in [0.29, 0.717) is 6.54 Å². The highest BCUT2D eigenvalue weighted by atomic mass is 32.2. The van der Waals surface area contributed by atoms with Crippen molar-refractivity contribution < 1.29 is 13.2 Å². The van der Waals surface area contributed by atoms with Crippen LogP contribution in [0.2, 0.25) is 0 Å². The molecule has 1 aliphatic heterocycles. The summed E-state index contributed by atoms with van der Waals surface area (Å²) in [6, 6.07) is -0.713. The number of amides is 2. The number of carbonyl (C=O) groups is 1. The zero-order valence-corrected chi connectivity index (χ0v) is 8.80. The minimum Gasteiger partial charge on any atom is -0.338 e. The second kappa shape index (κ2) is 4.45. The van der Waals surface area contributed by atoms with Gasteiger partial charge in [0.15, 0.2) is 9.84 Å². The van der Waals surface area contributed by atoms with Gasteiger partial charge in [0.1, 0.15) is 0 Å². The lowest BCUT2D eigenvalue weighted by molar-refractivity contribution is 0.239. The van der Waals surface area contributed by atoms with E-state index in [9.17, 15) is 13.2 Å². The third-order valence-corrected chi connectivity index (χ3v) is 3.18. The van der Waals surface area contributed by atoms with Gasteiger partial charge < -0.3 is 10.6 Å². The van der Waals surface area contributed by atoms with Gasteiger partial charge in [-0.25, -0.2) is 13.2 Å². The van der Waals surface area contributed by atoms with Gasteiger partial charge in [-0.05, 0) is 12.5 Å². The number of nitrogens with one attached hydrogen (secondary N) is 2. The minimum absolute atomic E-state index is 0.0352. The fourth-order valence-electron chi connectivity index (χ4n) is 1.12. The summed E-state index contributed by atoms with van der Waals surface area (Å²) in [5.41, 5.74) is 0. The van der Waals surface area contributed by atoms with E-state index in [2.05, 4.69) is 10.6 Å². The lowest BCUT2D eigenvalue weighted by Crippen LogP contribution is -2.42. The molecule has 5 nitrogen and oxygen atoms in total. The SMILES string of the molecule is CCCNC(=O)NC1C=CS(=O)(=O)C1. The van der Waals surface area contributed by atoms with Crippen LogP contribution in [-0.2, 0) is 9.84 Å². The summed E-state index contributed by atoms with van der Waals surface area (Å²) in [6.45, 7) is 2.54. The van der Waals surface area contributed by atoms with Crippen LogP contribution in [0, 0.1) is 0 Å². The monoisotopic (exact) mass is 218 g/mol. The maximum Gasteiger partial charge on any atom is 0.315 e. The number of carbonyl (C=O) groups excluding carboxylic acids is 1. The van der Waals surface area contributed by atoms with E-state index in [1.807, 2.05) is 6.92 Å². The van der Waals surface area contributed by atoms with Crippen LogP contribution < -0.4 is 10.6 Å². The molecule has 0 bridgehead atoms. The Hall–Kier alpha value is -1.04. The molecular formula is C8H14N2O3S. The molecule has 1 aliphatic rings. The molecule has 0 radical (unpaired) electrons. The molecule has 0 spiro atoms. The molecule has 0 aromatic rings. The van der Waals surface area contributed by atoms with Crippen LogP contribution in [-0.4, -0.2) is 32.8 Å². The van der Waals surface area contributed by atoms with E-state index >= 15 is 0 Å². The molecular weight excluding hydrogens is 204 g/mol. The number of sulfone groups is 1. The highest BCUT2D eigenvalue weighted by Crippen LogP contribution is 2.07. The summed E-state index contributed by atoms with van der Waals surface area (Å²) in [5.74, 6) is -0.0352. The third kappa shape index (κ3) is 3.37. The molecule has 0 aromatic heterocycles. The molecule has 1 atom stereocenters. The number of hydrogen-bond acceptors (Lipinski definition) is 3. The topological polar surface area (TPSA) is 75.3 Å². The van der Waals surface area contributed by atoms with Gasteiger partial charge in [-0.15, -0.1) is 0 Å². The molecule has 0 saturated carbocycles. The highest BCUT2D eigenvalue weighted by molar-refractivity contribution is 7.94. The average Bonchev–Trinajstić information content (AvgIpc) is 2.42. The largest absolute Gasteiger partial charge is 0.338 e. The van der Waals surface area contributed by atoms with Crippen molar-refractivity contribution in [1.82, 2.24) is 10.6 Å². The summed E-state index contributed by atoms with van der Waals surface area (Å²) in [5, 5.41) is 6.30. The second-order valence-corrected chi connectivity index (χ2v) is 5.10. The standard InChI is InChI=1S/C8H14N2O3S/c1-2-4-9-8(11)10-7-3-5-14(12,13)6-7/h3,5,7H,2,4,6H2,1H3,(H2,9,10,11). The van der Waals surface area contributed by atoms with Gasteiger partial charge in [-0.1, -0.05) is 6.92 Å².